The minimum Gasteiger partial charge on any atom is -0.497 e. The number of likely N-dealkylation sites (tertiary alicyclic amines) is 1. The fourth-order valence-electron chi connectivity index (χ4n) is 4.59. The van der Waals surface area contributed by atoms with Gasteiger partial charge in [0.1, 0.15) is 5.75 Å². The first-order chi connectivity index (χ1) is 16.4. The van der Waals surface area contributed by atoms with Crippen LogP contribution in [-0.4, -0.2) is 42.9 Å². The number of carbonyl (C=O) groups excluding carboxylic acids is 3. The number of hydrogen-bond acceptors (Lipinski definition) is 6. The number of fused-ring (bicyclic) bond motifs is 1. The van der Waals surface area contributed by atoms with Crippen LogP contribution in [0.3, 0.4) is 0 Å². The minimum atomic E-state index is -0.479. The highest BCUT2D eigenvalue weighted by atomic mass is 16.7. The van der Waals surface area contributed by atoms with E-state index >= 15 is 0 Å². The first kappa shape index (κ1) is 23.6. The molecule has 2 atom stereocenters. The second-order valence-electron chi connectivity index (χ2n) is 8.60. The van der Waals surface area contributed by atoms with Crippen molar-refractivity contribution < 1.29 is 28.6 Å². The van der Waals surface area contributed by atoms with E-state index < -0.39 is 12.0 Å². The van der Waals surface area contributed by atoms with Gasteiger partial charge in [-0.3, -0.25) is 14.4 Å². The molecular formula is C26H30N2O6. The highest BCUT2D eigenvalue weighted by molar-refractivity contribution is 6.05. The Balaban J connectivity index is 1.67. The highest BCUT2D eigenvalue weighted by Crippen LogP contribution is 2.40. The van der Waals surface area contributed by atoms with Crippen LogP contribution in [0.2, 0.25) is 0 Å². The Morgan fingerprint density at radius 2 is 1.85 bits per heavy atom. The predicted octanol–water partition coefficient (Wildman–Crippen LogP) is 4.35. The Morgan fingerprint density at radius 3 is 2.50 bits per heavy atom. The highest BCUT2D eigenvalue weighted by Gasteiger charge is 2.40. The van der Waals surface area contributed by atoms with Crippen LogP contribution in [0.1, 0.15) is 61.5 Å². The van der Waals surface area contributed by atoms with Crippen molar-refractivity contribution in [2.45, 2.75) is 45.6 Å². The van der Waals surface area contributed by atoms with Gasteiger partial charge < -0.3 is 24.4 Å². The number of benzene rings is 2. The summed E-state index contributed by atoms with van der Waals surface area (Å²) in [5, 5.41) is 2.95. The zero-order valence-corrected chi connectivity index (χ0v) is 19.8. The van der Waals surface area contributed by atoms with Crippen LogP contribution < -0.4 is 19.5 Å². The Morgan fingerprint density at radius 1 is 1.15 bits per heavy atom. The number of unbranched alkanes of at least 4 members (excludes halogenated alkanes) is 1. The SMILES string of the molecule is CCCCN1C(=O)CC[C@@H](C(=O)Nc2cc3c(cc2C(C)=O)OCO3)[C@H]1c1ccc(OC)cc1. The van der Waals surface area contributed by atoms with E-state index in [1.54, 1.807) is 19.2 Å². The summed E-state index contributed by atoms with van der Waals surface area (Å²) in [7, 11) is 1.60. The van der Waals surface area contributed by atoms with Crippen molar-refractivity contribution in [2.75, 3.05) is 25.8 Å². The fraction of sp³-hybridized carbons (Fsp3) is 0.423. The molecule has 2 amide bonds. The molecular weight excluding hydrogens is 436 g/mol. The maximum absolute atomic E-state index is 13.6. The molecule has 8 heteroatoms. The predicted molar refractivity (Wildman–Crippen MR) is 126 cm³/mol. The third-order valence-electron chi connectivity index (χ3n) is 6.40. The van der Waals surface area contributed by atoms with E-state index in [1.807, 2.05) is 29.2 Å². The molecule has 2 aromatic carbocycles. The van der Waals surface area contributed by atoms with Crippen molar-refractivity contribution in [3.63, 3.8) is 0 Å². The molecule has 0 aromatic heterocycles. The van der Waals surface area contributed by atoms with Crippen LogP contribution in [-0.2, 0) is 9.59 Å². The molecule has 2 aliphatic rings. The van der Waals surface area contributed by atoms with Gasteiger partial charge in [-0.2, -0.15) is 0 Å². The van der Waals surface area contributed by atoms with Gasteiger partial charge in [0, 0.05) is 24.6 Å². The van der Waals surface area contributed by atoms with Gasteiger partial charge in [0.2, 0.25) is 18.6 Å². The Labute approximate surface area is 199 Å². The number of nitrogens with zero attached hydrogens (tertiary/aromatic N) is 1. The van der Waals surface area contributed by atoms with Crippen LogP contribution >= 0.6 is 0 Å². The van der Waals surface area contributed by atoms with Crippen LogP contribution in [0.25, 0.3) is 0 Å². The van der Waals surface area contributed by atoms with Gasteiger partial charge >= 0.3 is 0 Å². The summed E-state index contributed by atoms with van der Waals surface area (Å²) < 4.78 is 16.1. The fourth-order valence-corrected chi connectivity index (χ4v) is 4.59. The number of anilines is 1. The summed E-state index contributed by atoms with van der Waals surface area (Å²) in [6.07, 6.45) is 2.51. The third kappa shape index (κ3) is 4.71. The zero-order valence-electron chi connectivity index (χ0n) is 19.8. The standard InChI is InChI=1S/C26H30N2O6/c1-4-5-12-28-24(30)11-10-19(25(28)17-6-8-18(32-3)9-7-17)26(31)27-21-14-23-22(33-15-34-23)13-20(21)16(2)29/h6-9,13-14,19,25H,4-5,10-12,15H2,1-3H3,(H,27,31)/t19-,25-/m1/s1. The number of ether oxygens (including phenoxy) is 3. The van der Waals surface area contributed by atoms with E-state index in [2.05, 4.69) is 12.2 Å². The molecule has 34 heavy (non-hydrogen) atoms. The quantitative estimate of drug-likeness (QED) is 0.582. The molecule has 2 aromatic rings. The van der Waals surface area contributed by atoms with Gasteiger partial charge in [-0.15, -0.1) is 0 Å². The summed E-state index contributed by atoms with van der Waals surface area (Å²) in [6.45, 7) is 4.17. The normalized spacial score (nSPS) is 19.1. The van der Waals surface area contributed by atoms with Crippen molar-refractivity contribution in [2.24, 2.45) is 5.92 Å². The molecule has 0 radical (unpaired) electrons. The van der Waals surface area contributed by atoms with Crippen molar-refractivity contribution >= 4 is 23.3 Å². The molecule has 0 bridgehead atoms. The smallest absolute Gasteiger partial charge is 0.231 e. The zero-order chi connectivity index (χ0) is 24.2. The van der Waals surface area contributed by atoms with E-state index in [4.69, 9.17) is 14.2 Å². The molecule has 1 fully saturated rings. The van der Waals surface area contributed by atoms with Crippen LogP contribution in [0.4, 0.5) is 5.69 Å². The molecule has 1 N–H and O–H groups in total. The lowest BCUT2D eigenvalue weighted by atomic mass is 9.83. The maximum Gasteiger partial charge on any atom is 0.231 e. The first-order valence-electron chi connectivity index (χ1n) is 11.6. The van der Waals surface area contributed by atoms with Crippen molar-refractivity contribution in [1.29, 1.82) is 0 Å². The number of ketones is 1. The number of nitrogens with one attached hydrogen (secondary N) is 1. The van der Waals surface area contributed by atoms with Crippen molar-refractivity contribution in [1.82, 2.24) is 4.90 Å². The summed E-state index contributed by atoms with van der Waals surface area (Å²) in [5.74, 6) is 0.807. The molecule has 1 saturated heterocycles. The van der Waals surface area contributed by atoms with E-state index in [0.717, 1.165) is 18.4 Å². The Hall–Kier alpha value is -3.55. The number of amides is 2. The number of hydrogen-bond donors (Lipinski definition) is 1. The number of rotatable bonds is 8. The third-order valence-corrected chi connectivity index (χ3v) is 6.40. The second kappa shape index (κ2) is 10.2. The average Bonchev–Trinajstić information content (AvgIpc) is 3.30. The lowest BCUT2D eigenvalue weighted by Gasteiger charge is -2.41. The molecule has 8 nitrogen and oxygen atoms in total. The van der Waals surface area contributed by atoms with Crippen molar-refractivity contribution in [3.05, 3.63) is 47.5 Å². The molecule has 180 valence electrons. The molecule has 0 unspecified atom stereocenters. The van der Waals surface area contributed by atoms with Gasteiger partial charge in [0.25, 0.3) is 0 Å². The van der Waals surface area contributed by atoms with Crippen LogP contribution in [0.5, 0.6) is 17.2 Å². The van der Waals surface area contributed by atoms with Crippen LogP contribution in [0, 0.1) is 5.92 Å². The molecule has 0 spiro atoms. The number of carbonyl (C=O) groups is 3. The summed E-state index contributed by atoms with van der Waals surface area (Å²) in [4.78, 5) is 40.6. The second-order valence-corrected chi connectivity index (χ2v) is 8.60. The van der Waals surface area contributed by atoms with E-state index in [1.165, 1.54) is 6.92 Å². The number of methoxy groups -OCH3 is 1. The Kier molecular flexibility index (Phi) is 7.05. The van der Waals surface area contributed by atoms with Gasteiger partial charge in [0.05, 0.1) is 24.8 Å². The largest absolute Gasteiger partial charge is 0.497 e. The van der Waals surface area contributed by atoms with Crippen LogP contribution in [0.15, 0.2) is 36.4 Å². The molecule has 0 aliphatic carbocycles. The summed E-state index contributed by atoms with van der Waals surface area (Å²) in [6, 6.07) is 10.3. The van der Waals surface area contributed by atoms with E-state index in [9.17, 15) is 14.4 Å². The molecule has 4 rings (SSSR count). The Bertz CT molecular complexity index is 1080. The number of Topliss-reactive ketones (excluding diaryl/α,β-unsaturated/α-hetero) is 1. The van der Waals surface area contributed by atoms with Gasteiger partial charge in [-0.1, -0.05) is 25.5 Å². The molecule has 2 aliphatic heterocycles. The monoisotopic (exact) mass is 466 g/mol. The van der Waals surface area contributed by atoms with Gasteiger partial charge in [-0.05, 0) is 43.5 Å². The molecule has 2 heterocycles. The lowest BCUT2D eigenvalue weighted by molar-refractivity contribution is -0.142. The number of piperidine rings is 1. The minimum absolute atomic E-state index is 0.0471. The van der Waals surface area contributed by atoms with Crippen molar-refractivity contribution in [3.8, 4) is 17.2 Å². The van der Waals surface area contributed by atoms with Gasteiger partial charge in [0.15, 0.2) is 17.3 Å². The van der Waals surface area contributed by atoms with Gasteiger partial charge in [-0.25, -0.2) is 0 Å². The van der Waals surface area contributed by atoms with E-state index in [0.29, 0.717) is 47.9 Å². The van der Waals surface area contributed by atoms with E-state index in [-0.39, 0.29) is 24.4 Å². The summed E-state index contributed by atoms with van der Waals surface area (Å²) in [5.41, 5.74) is 1.61. The average molecular weight is 467 g/mol. The maximum atomic E-state index is 13.6. The first-order valence-corrected chi connectivity index (χ1v) is 11.6. The molecule has 0 saturated carbocycles. The lowest BCUT2D eigenvalue weighted by Crippen LogP contribution is -2.47. The topological polar surface area (TPSA) is 94.2 Å². The summed E-state index contributed by atoms with van der Waals surface area (Å²) >= 11 is 0.